The minimum atomic E-state index is 0.136. The molecule has 0 saturated heterocycles. The summed E-state index contributed by atoms with van der Waals surface area (Å²) in [7, 11) is 1.94. The van der Waals surface area contributed by atoms with Gasteiger partial charge in [0.15, 0.2) is 0 Å². The summed E-state index contributed by atoms with van der Waals surface area (Å²) < 4.78 is 1.85. The Hall–Kier alpha value is -1.61. The average Bonchev–Trinajstić information content (AvgIpc) is 2.60. The first-order valence-electron chi connectivity index (χ1n) is 5.50. The van der Waals surface area contributed by atoms with Crippen LogP contribution < -0.4 is 5.73 Å². The van der Waals surface area contributed by atoms with Crippen LogP contribution in [0.5, 0.6) is 0 Å². The molecule has 3 nitrogen and oxygen atoms in total. The van der Waals surface area contributed by atoms with Gasteiger partial charge in [-0.05, 0) is 12.5 Å². The van der Waals surface area contributed by atoms with Crippen LogP contribution in [0, 0.1) is 0 Å². The SMILES string of the molecule is CC(N)Cc1nn(C)cc1-c1ccccc1. The highest BCUT2D eigenvalue weighted by Crippen LogP contribution is 2.23. The van der Waals surface area contributed by atoms with Crippen LogP contribution in [-0.2, 0) is 13.5 Å². The molecule has 2 aromatic rings. The molecule has 1 heterocycles. The van der Waals surface area contributed by atoms with Gasteiger partial charge in [-0.2, -0.15) is 5.10 Å². The fraction of sp³-hybridized carbons (Fsp3) is 0.308. The molecule has 0 saturated carbocycles. The Morgan fingerprint density at radius 3 is 2.62 bits per heavy atom. The third-order valence-electron chi connectivity index (χ3n) is 2.51. The largest absolute Gasteiger partial charge is 0.328 e. The topological polar surface area (TPSA) is 43.8 Å². The minimum Gasteiger partial charge on any atom is -0.328 e. The van der Waals surface area contributed by atoms with Crippen molar-refractivity contribution in [1.82, 2.24) is 9.78 Å². The Labute approximate surface area is 95.9 Å². The molecular weight excluding hydrogens is 198 g/mol. The molecule has 0 aliphatic rings. The molecule has 0 spiro atoms. The Balaban J connectivity index is 2.40. The van der Waals surface area contributed by atoms with Crippen LogP contribution in [0.1, 0.15) is 12.6 Å². The highest BCUT2D eigenvalue weighted by Gasteiger charge is 2.10. The molecule has 1 atom stereocenters. The van der Waals surface area contributed by atoms with Gasteiger partial charge in [-0.3, -0.25) is 4.68 Å². The lowest BCUT2D eigenvalue weighted by atomic mass is 10.0. The fourth-order valence-electron chi connectivity index (χ4n) is 1.85. The van der Waals surface area contributed by atoms with Crippen LogP contribution in [0.25, 0.3) is 11.1 Å². The first-order chi connectivity index (χ1) is 7.66. The second-order valence-electron chi connectivity index (χ2n) is 4.21. The molecule has 1 aromatic carbocycles. The molecule has 2 rings (SSSR count). The van der Waals surface area contributed by atoms with Gasteiger partial charge in [0.1, 0.15) is 0 Å². The van der Waals surface area contributed by atoms with Gasteiger partial charge >= 0.3 is 0 Å². The van der Waals surface area contributed by atoms with Gasteiger partial charge in [-0.1, -0.05) is 30.3 Å². The van der Waals surface area contributed by atoms with Crippen LogP contribution in [0.15, 0.2) is 36.5 Å². The van der Waals surface area contributed by atoms with Crippen molar-refractivity contribution in [3.05, 3.63) is 42.2 Å². The summed E-state index contributed by atoms with van der Waals surface area (Å²) in [6, 6.07) is 10.4. The zero-order chi connectivity index (χ0) is 11.5. The van der Waals surface area contributed by atoms with E-state index in [0.717, 1.165) is 12.1 Å². The number of nitrogens with zero attached hydrogens (tertiary/aromatic N) is 2. The third kappa shape index (κ3) is 2.31. The van der Waals surface area contributed by atoms with Crippen molar-refractivity contribution in [3.63, 3.8) is 0 Å². The fourth-order valence-corrected chi connectivity index (χ4v) is 1.85. The smallest absolute Gasteiger partial charge is 0.0718 e. The van der Waals surface area contributed by atoms with Crippen LogP contribution in [0.2, 0.25) is 0 Å². The van der Waals surface area contributed by atoms with E-state index in [1.54, 1.807) is 0 Å². The number of benzene rings is 1. The van der Waals surface area contributed by atoms with Crippen LogP contribution in [0.3, 0.4) is 0 Å². The van der Waals surface area contributed by atoms with E-state index in [1.165, 1.54) is 11.1 Å². The monoisotopic (exact) mass is 215 g/mol. The van der Waals surface area contributed by atoms with Crippen molar-refractivity contribution in [2.75, 3.05) is 0 Å². The zero-order valence-electron chi connectivity index (χ0n) is 9.72. The van der Waals surface area contributed by atoms with Crippen LogP contribution in [-0.4, -0.2) is 15.8 Å². The van der Waals surface area contributed by atoms with Gasteiger partial charge in [0, 0.05) is 31.3 Å². The van der Waals surface area contributed by atoms with E-state index in [2.05, 4.69) is 17.2 Å². The lowest BCUT2D eigenvalue weighted by molar-refractivity contribution is 0.686. The molecular formula is C13H17N3. The summed E-state index contributed by atoms with van der Waals surface area (Å²) in [5, 5.41) is 4.46. The first kappa shape index (κ1) is 10.9. The van der Waals surface area contributed by atoms with E-state index in [9.17, 15) is 0 Å². The quantitative estimate of drug-likeness (QED) is 0.850. The molecule has 0 aliphatic heterocycles. The second kappa shape index (κ2) is 4.49. The molecule has 84 valence electrons. The van der Waals surface area contributed by atoms with E-state index < -0.39 is 0 Å². The van der Waals surface area contributed by atoms with E-state index in [0.29, 0.717) is 0 Å². The lowest BCUT2D eigenvalue weighted by Crippen LogP contribution is -2.18. The van der Waals surface area contributed by atoms with E-state index >= 15 is 0 Å². The standard InChI is InChI=1S/C13H17N3/c1-10(14)8-13-12(9-16(2)15-13)11-6-4-3-5-7-11/h3-7,9-10H,8,14H2,1-2H3. The molecule has 0 bridgehead atoms. The maximum atomic E-state index is 5.83. The number of nitrogens with two attached hydrogens (primary N) is 1. The van der Waals surface area contributed by atoms with Gasteiger partial charge in [-0.15, -0.1) is 0 Å². The lowest BCUT2D eigenvalue weighted by Gasteiger charge is -2.04. The summed E-state index contributed by atoms with van der Waals surface area (Å²) in [6.45, 7) is 2.00. The van der Waals surface area contributed by atoms with E-state index in [1.807, 2.05) is 43.0 Å². The summed E-state index contributed by atoms with van der Waals surface area (Å²) in [4.78, 5) is 0. The molecule has 0 fully saturated rings. The van der Waals surface area contributed by atoms with E-state index in [-0.39, 0.29) is 6.04 Å². The van der Waals surface area contributed by atoms with Gasteiger partial charge < -0.3 is 5.73 Å². The van der Waals surface area contributed by atoms with Crippen LogP contribution >= 0.6 is 0 Å². The van der Waals surface area contributed by atoms with Crippen molar-refractivity contribution in [2.24, 2.45) is 12.8 Å². The molecule has 1 aromatic heterocycles. The number of hydrogen-bond donors (Lipinski definition) is 1. The van der Waals surface area contributed by atoms with Gasteiger partial charge in [0.2, 0.25) is 0 Å². The molecule has 2 N–H and O–H groups in total. The second-order valence-corrected chi connectivity index (χ2v) is 4.21. The molecule has 1 unspecified atom stereocenters. The zero-order valence-corrected chi connectivity index (χ0v) is 9.72. The predicted octanol–water partition coefficient (Wildman–Crippen LogP) is 1.98. The Kier molecular flexibility index (Phi) is 3.06. The summed E-state index contributed by atoms with van der Waals surface area (Å²) in [5.74, 6) is 0. The summed E-state index contributed by atoms with van der Waals surface area (Å²) >= 11 is 0. The van der Waals surface area contributed by atoms with Crippen molar-refractivity contribution >= 4 is 0 Å². The normalized spacial score (nSPS) is 12.7. The maximum Gasteiger partial charge on any atom is 0.0718 e. The van der Waals surface area contributed by atoms with Crippen molar-refractivity contribution in [1.29, 1.82) is 0 Å². The highest BCUT2D eigenvalue weighted by atomic mass is 15.3. The minimum absolute atomic E-state index is 0.136. The van der Waals surface area contributed by atoms with Gasteiger partial charge in [0.05, 0.1) is 5.69 Å². The number of rotatable bonds is 3. The summed E-state index contributed by atoms with van der Waals surface area (Å²) in [5.41, 5.74) is 9.29. The number of hydrogen-bond acceptors (Lipinski definition) is 2. The molecule has 0 amide bonds. The molecule has 16 heavy (non-hydrogen) atoms. The van der Waals surface area contributed by atoms with Gasteiger partial charge in [0.25, 0.3) is 0 Å². The number of aryl methyl sites for hydroxylation is 1. The Bertz CT molecular complexity index is 457. The highest BCUT2D eigenvalue weighted by molar-refractivity contribution is 5.65. The Morgan fingerprint density at radius 1 is 1.31 bits per heavy atom. The van der Waals surface area contributed by atoms with E-state index in [4.69, 9.17) is 5.73 Å². The third-order valence-corrected chi connectivity index (χ3v) is 2.51. The first-order valence-corrected chi connectivity index (χ1v) is 5.50. The van der Waals surface area contributed by atoms with Crippen LogP contribution in [0.4, 0.5) is 0 Å². The van der Waals surface area contributed by atoms with Crippen molar-refractivity contribution < 1.29 is 0 Å². The molecule has 0 radical (unpaired) electrons. The number of aromatic nitrogens is 2. The Morgan fingerprint density at radius 2 is 2.00 bits per heavy atom. The van der Waals surface area contributed by atoms with Crippen molar-refractivity contribution in [2.45, 2.75) is 19.4 Å². The molecule has 0 aliphatic carbocycles. The van der Waals surface area contributed by atoms with Gasteiger partial charge in [-0.25, -0.2) is 0 Å². The average molecular weight is 215 g/mol. The maximum absolute atomic E-state index is 5.83. The van der Waals surface area contributed by atoms with Crippen molar-refractivity contribution in [3.8, 4) is 11.1 Å². The predicted molar refractivity (Wildman–Crippen MR) is 66.0 cm³/mol. The summed E-state index contributed by atoms with van der Waals surface area (Å²) in [6.07, 6.45) is 2.86. The molecule has 3 heteroatoms.